The molecule has 4 bridgehead atoms. The Kier molecular flexibility index (Phi) is 3.41. The number of benzene rings is 1. The fourth-order valence-electron chi connectivity index (χ4n) is 6.02. The van der Waals surface area contributed by atoms with E-state index in [0.29, 0.717) is 5.75 Å². The van der Waals surface area contributed by atoms with Gasteiger partial charge in [-0.2, -0.15) is 0 Å². The van der Waals surface area contributed by atoms with Crippen LogP contribution >= 0.6 is 0 Å². The maximum absolute atomic E-state index is 11.6. The Balaban J connectivity index is 1.84. The molecule has 0 unspecified atom stereocenters. The van der Waals surface area contributed by atoms with Crippen LogP contribution in [0.5, 0.6) is 5.75 Å². The highest BCUT2D eigenvalue weighted by molar-refractivity contribution is 5.91. The minimum Gasteiger partial charge on any atom is -0.496 e. The molecule has 2 N–H and O–H groups in total. The molecule has 5 rings (SSSR count). The zero-order valence-corrected chi connectivity index (χ0v) is 13.5. The molecule has 124 valence electrons. The Bertz CT molecular complexity index is 614. The van der Waals surface area contributed by atoms with Crippen molar-refractivity contribution in [1.29, 1.82) is 0 Å². The van der Waals surface area contributed by atoms with Gasteiger partial charge in [0.15, 0.2) is 0 Å². The first kappa shape index (κ1) is 15.0. The van der Waals surface area contributed by atoms with Crippen LogP contribution in [-0.2, 0) is 12.0 Å². The molecule has 23 heavy (non-hydrogen) atoms. The molecular weight excluding hydrogens is 292 g/mol. The number of carboxylic acids is 1. The van der Waals surface area contributed by atoms with E-state index in [1.807, 2.05) is 0 Å². The second kappa shape index (κ2) is 5.23. The summed E-state index contributed by atoms with van der Waals surface area (Å²) in [4.78, 5) is 11.6. The molecule has 0 heterocycles. The molecule has 0 atom stereocenters. The summed E-state index contributed by atoms with van der Waals surface area (Å²) < 4.78 is 5.23. The highest BCUT2D eigenvalue weighted by atomic mass is 16.5. The van der Waals surface area contributed by atoms with E-state index >= 15 is 0 Å². The van der Waals surface area contributed by atoms with Gasteiger partial charge in [-0.05, 0) is 85.0 Å². The number of ether oxygens (including phenoxy) is 1. The minimum absolute atomic E-state index is 0.0622. The summed E-state index contributed by atoms with van der Waals surface area (Å²) in [5, 5.41) is 19.4. The summed E-state index contributed by atoms with van der Waals surface area (Å²) in [5.41, 5.74) is 2.20. The number of rotatable bonds is 4. The van der Waals surface area contributed by atoms with Crippen LogP contribution in [0.1, 0.15) is 60.0 Å². The molecule has 1 aromatic carbocycles. The van der Waals surface area contributed by atoms with Gasteiger partial charge in [-0.1, -0.05) is 0 Å². The van der Waals surface area contributed by atoms with Crippen LogP contribution in [0.2, 0.25) is 0 Å². The molecule has 0 aromatic heterocycles. The third-order valence-electron chi connectivity index (χ3n) is 6.44. The highest BCUT2D eigenvalue weighted by Gasteiger charge is 2.52. The topological polar surface area (TPSA) is 66.8 Å². The molecule has 4 aliphatic rings. The zero-order valence-electron chi connectivity index (χ0n) is 13.5. The Labute approximate surface area is 136 Å². The molecule has 0 radical (unpaired) electrons. The Morgan fingerprint density at radius 1 is 1.17 bits per heavy atom. The van der Waals surface area contributed by atoms with Crippen molar-refractivity contribution in [2.75, 3.05) is 7.11 Å². The van der Waals surface area contributed by atoms with Gasteiger partial charge >= 0.3 is 5.97 Å². The van der Waals surface area contributed by atoms with Crippen LogP contribution in [0, 0.1) is 17.8 Å². The average Bonchev–Trinajstić information content (AvgIpc) is 2.52. The van der Waals surface area contributed by atoms with Crippen molar-refractivity contribution in [3.8, 4) is 5.75 Å². The van der Waals surface area contributed by atoms with Gasteiger partial charge in [-0.3, -0.25) is 0 Å². The zero-order chi connectivity index (χ0) is 16.2. The van der Waals surface area contributed by atoms with Gasteiger partial charge in [0, 0.05) is 0 Å². The summed E-state index contributed by atoms with van der Waals surface area (Å²) in [6, 6.07) is 3.53. The first-order valence-electron chi connectivity index (χ1n) is 8.60. The number of aliphatic hydroxyl groups is 1. The van der Waals surface area contributed by atoms with E-state index in [-0.39, 0.29) is 17.6 Å². The Hall–Kier alpha value is -1.55. The third-order valence-corrected chi connectivity index (χ3v) is 6.44. The SMILES string of the molecule is COc1cc(CO)c(C23CC4CC(CC(C4)C2)C3)cc1C(=O)O. The van der Waals surface area contributed by atoms with Crippen molar-refractivity contribution in [2.24, 2.45) is 17.8 Å². The minimum atomic E-state index is -0.961. The van der Waals surface area contributed by atoms with E-state index in [1.54, 1.807) is 12.1 Å². The lowest BCUT2D eigenvalue weighted by atomic mass is 9.47. The smallest absolute Gasteiger partial charge is 0.339 e. The Morgan fingerprint density at radius 2 is 1.74 bits per heavy atom. The number of aliphatic hydroxyl groups excluding tert-OH is 1. The molecule has 0 amide bonds. The summed E-state index contributed by atoms with van der Waals surface area (Å²) in [5.74, 6) is 1.72. The first-order valence-corrected chi connectivity index (χ1v) is 8.60. The van der Waals surface area contributed by atoms with Crippen molar-refractivity contribution in [3.05, 3.63) is 28.8 Å². The summed E-state index contributed by atoms with van der Waals surface area (Å²) in [6.07, 6.45) is 7.48. The van der Waals surface area contributed by atoms with E-state index in [2.05, 4.69) is 0 Å². The van der Waals surface area contributed by atoms with Gasteiger partial charge in [0.05, 0.1) is 13.7 Å². The van der Waals surface area contributed by atoms with Gasteiger partial charge < -0.3 is 14.9 Å². The predicted molar refractivity (Wildman–Crippen MR) is 85.7 cm³/mol. The van der Waals surface area contributed by atoms with Crippen LogP contribution in [0.25, 0.3) is 0 Å². The number of carbonyl (C=O) groups is 1. The number of aromatic carboxylic acids is 1. The van der Waals surface area contributed by atoms with Crippen molar-refractivity contribution in [2.45, 2.75) is 50.5 Å². The molecule has 4 saturated carbocycles. The van der Waals surface area contributed by atoms with Crippen LogP contribution in [0.4, 0.5) is 0 Å². The normalized spacial score (nSPS) is 34.6. The standard InChI is InChI=1S/C19H24O4/c1-23-17-5-14(10-20)16(6-15(17)18(21)22)19-7-11-2-12(8-19)4-13(3-11)9-19/h5-6,11-13,20H,2-4,7-10H2,1H3,(H,21,22). The van der Waals surface area contributed by atoms with Crippen molar-refractivity contribution >= 4 is 5.97 Å². The van der Waals surface area contributed by atoms with E-state index in [9.17, 15) is 15.0 Å². The second-order valence-corrected chi connectivity index (χ2v) is 7.87. The van der Waals surface area contributed by atoms with Crippen LogP contribution in [0.3, 0.4) is 0 Å². The fourth-order valence-corrected chi connectivity index (χ4v) is 6.02. The lowest BCUT2D eigenvalue weighted by Gasteiger charge is -2.57. The lowest BCUT2D eigenvalue weighted by molar-refractivity contribution is -0.00607. The molecule has 4 heteroatoms. The average molecular weight is 316 g/mol. The van der Waals surface area contributed by atoms with E-state index in [4.69, 9.17) is 4.74 Å². The van der Waals surface area contributed by atoms with E-state index in [1.165, 1.54) is 26.4 Å². The molecule has 4 aliphatic carbocycles. The predicted octanol–water partition coefficient (Wildman–Crippen LogP) is 3.35. The third kappa shape index (κ3) is 2.26. The fraction of sp³-hybridized carbons (Fsp3) is 0.632. The van der Waals surface area contributed by atoms with Crippen LogP contribution < -0.4 is 4.74 Å². The summed E-state index contributed by atoms with van der Waals surface area (Å²) in [6.45, 7) is -0.0622. The maximum Gasteiger partial charge on any atom is 0.339 e. The van der Waals surface area contributed by atoms with Crippen LogP contribution in [-0.4, -0.2) is 23.3 Å². The van der Waals surface area contributed by atoms with E-state index < -0.39 is 5.97 Å². The molecule has 4 fully saturated rings. The molecule has 0 aliphatic heterocycles. The lowest BCUT2D eigenvalue weighted by Crippen LogP contribution is -2.49. The van der Waals surface area contributed by atoms with Crippen LogP contribution in [0.15, 0.2) is 12.1 Å². The number of methoxy groups -OCH3 is 1. The molecule has 0 spiro atoms. The quantitative estimate of drug-likeness (QED) is 0.894. The number of hydrogen-bond acceptors (Lipinski definition) is 3. The van der Waals surface area contributed by atoms with Crippen molar-refractivity contribution < 1.29 is 19.7 Å². The van der Waals surface area contributed by atoms with Gasteiger partial charge in [0.1, 0.15) is 11.3 Å². The Morgan fingerprint density at radius 3 is 2.17 bits per heavy atom. The first-order chi connectivity index (χ1) is 11.0. The number of hydrogen-bond donors (Lipinski definition) is 2. The highest BCUT2D eigenvalue weighted by Crippen LogP contribution is 2.61. The molecular formula is C19H24O4. The molecule has 0 saturated heterocycles. The van der Waals surface area contributed by atoms with Gasteiger partial charge in [0.25, 0.3) is 0 Å². The van der Waals surface area contributed by atoms with Crippen molar-refractivity contribution in [1.82, 2.24) is 0 Å². The summed E-state index contributed by atoms with van der Waals surface area (Å²) >= 11 is 0. The largest absolute Gasteiger partial charge is 0.496 e. The van der Waals surface area contributed by atoms with Crippen molar-refractivity contribution in [3.63, 3.8) is 0 Å². The summed E-state index contributed by atoms with van der Waals surface area (Å²) in [7, 11) is 1.48. The maximum atomic E-state index is 11.6. The molecule has 1 aromatic rings. The number of carboxylic acid groups (broad SMARTS) is 1. The van der Waals surface area contributed by atoms with Gasteiger partial charge in [0.2, 0.25) is 0 Å². The van der Waals surface area contributed by atoms with Gasteiger partial charge in [-0.15, -0.1) is 0 Å². The second-order valence-electron chi connectivity index (χ2n) is 7.87. The van der Waals surface area contributed by atoms with Gasteiger partial charge in [-0.25, -0.2) is 4.79 Å². The van der Waals surface area contributed by atoms with E-state index in [0.717, 1.165) is 48.1 Å². The monoisotopic (exact) mass is 316 g/mol. The molecule has 4 nitrogen and oxygen atoms in total.